The molecule has 6 aromatic rings. The number of alkyl halides is 2. The van der Waals surface area contributed by atoms with Gasteiger partial charge in [-0.25, -0.2) is 0 Å². The molecule has 0 saturated heterocycles. The number of hydrogen-bond donors (Lipinski definition) is 5. The Morgan fingerprint density at radius 1 is 0.514 bits per heavy atom. The molecular formula is C81H96Cl2N6O16. The van der Waals surface area contributed by atoms with E-state index >= 15 is 0 Å². The minimum atomic E-state index is -0.761. The van der Waals surface area contributed by atoms with Crippen LogP contribution in [0.25, 0.3) is 0 Å². The van der Waals surface area contributed by atoms with E-state index in [0.717, 1.165) is 89.7 Å². The van der Waals surface area contributed by atoms with Crippen molar-refractivity contribution in [1.29, 1.82) is 0 Å². The summed E-state index contributed by atoms with van der Waals surface area (Å²) >= 11 is 12.1. The first-order valence-corrected chi connectivity index (χ1v) is 36.8. The quantitative estimate of drug-likeness (QED) is 0.0159. The van der Waals surface area contributed by atoms with Crippen LogP contribution < -0.4 is 45.3 Å². The highest BCUT2D eigenvalue weighted by Crippen LogP contribution is 2.43. The van der Waals surface area contributed by atoms with Crippen molar-refractivity contribution in [1.82, 2.24) is 10.6 Å². The molecule has 0 fully saturated rings. The summed E-state index contributed by atoms with van der Waals surface area (Å²) < 4.78 is 26.2. The van der Waals surface area contributed by atoms with Gasteiger partial charge in [0.25, 0.3) is 11.8 Å². The zero-order valence-corrected chi connectivity index (χ0v) is 62.7. The lowest BCUT2D eigenvalue weighted by Crippen LogP contribution is -2.39. The fraction of sp³-hybridized carbons (Fsp3) is 0.432. The molecule has 6 amide bonds. The van der Waals surface area contributed by atoms with E-state index in [-0.39, 0.29) is 128 Å². The number of carbonyl (C=O) groups is 10. The van der Waals surface area contributed by atoms with Crippen molar-refractivity contribution in [3.63, 3.8) is 0 Å². The Kier molecular flexibility index (Phi) is 29.9. The Bertz CT molecular complexity index is 4140. The Morgan fingerprint density at radius 3 is 1.38 bits per heavy atom. The molecule has 560 valence electrons. The molecule has 0 aliphatic carbocycles. The zero-order valence-electron chi connectivity index (χ0n) is 61.2. The number of unbranched alkanes of at least 4 members (excludes halogenated alkanes) is 2. The SMILES string of the molecule is CCc1cc(CCl)cc(NC(=O)[C@H](C)CC(=O)[C@H](C)NC(=O)CCCCC(=O)OC)c1.COC(=O)CCCCC(=O)N[C@@H](C)C(=O)C[C@@H](C)C(=O)Nc1cc(CCl)cc(COc2cc3c(cc2OC)C(=O)N2c4ccccc4C[C@H]2CC3)c1.COc1cc2c(cc1O)CC[C@@H]1Cc3ccccc3N1C2=O. The first-order valence-electron chi connectivity index (χ1n) is 35.7. The van der Waals surface area contributed by atoms with Gasteiger partial charge < -0.3 is 59.9 Å². The number of nitrogens with one attached hydrogen (secondary N) is 4. The maximum absolute atomic E-state index is 13.8. The van der Waals surface area contributed by atoms with Crippen molar-refractivity contribution in [2.45, 2.75) is 186 Å². The number of ketones is 2. The molecule has 105 heavy (non-hydrogen) atoms. The van der Waals surface area contributed by atoms with Crippen molar-refractivity contribution < 1.29 is 76.7 Å². The Hall–Kier alpha value is -9.80. The third kappa shape index (κ3) is 21.9. The number of methoxy groups -OCH3 is 4. The number of nitrogens with zero attached hydrogens (tertiary/aromatic N) is 2. The van der Waals surface area contributed by atoms with Gasteiger partial charge in [0.1, 0.15) is 6.61 Å². The van der Waals surface area contributed by atoms with Crippen LogP contribution in [-0.2, 0) is 98.3 Å². The number of benzene rings is 6. The molecule has 0 radical (unpaired) electrons. The second kappa shape index (κ2) is 38.8. The van der Waals surface area contributed by atoms with Gasteiger partial charge in [-0.3, -0.25) is 47.9 Å². The monoisotopic (exact) mass is 1480 g/mol. The van der Waals surface area contributed by atoms with E-state index in [1.807, 2.05) is 83.5 Å². The topological polar surface area (TPSA) is 292 Å². The summed E-state index contributed by atoms with van der Waals surface area (Å²) in [5, 5.41) is 21.0. The van der Waals surface area contributed by atoms with Crippen LogP contribution in [0.1, 0.15) is 177 Å². The number of fused-ring (bicyclic) bond motifs is 8. The molecule has 0 unspecified atom stereocenters. The van der Waals surface area contributed by atoms with Crippen LogP contribution in [0.2, 0.25) is 0 Å². The average molecular weight is 1480 g/mol. The van der Waals surface area contributed by atoms with Gasteiger partial charge in [-0.15, -0.1) is 23.2 Å². The molecule has 4 aliphatic heterocycles. The number of phenolic OH excluding ortho intramolecular Hbond substituents is 1. The van der Waals surface area contributed by atoms with Crippen LogP contribution in [0.4, 0.5) is 22.7 Å². The number of anilines is 4. The number of aromatic hydroxyl groups is 1. The Balaban J connectivity index is 0.000000221. The van der Waals surface area contributed by atoms with Crippen LogP contribution in [0.15, 0.2) is 109 Å². The molecule has 4 aliphatic rings. The van der Waals surface area contributed by atoms with Crippen molar-refractivity contribution in [3.8, 4) is 23.0 Å². The van der Waals surface area contributed by atoms with Crippen molar-refractivity contribution in [2.24, 2.45) is 11.8 Å². The molecule has 4 heterocycles. The highest BCUT2D eigenvalue weighted by atomic mass is 35.5. The van der Waals surface area contributed by atoms with E-state index in [2.05, 4.69) is 42.9 Å². The van der Waals surface area contributed by atoms with Gasteiger partial charge in [0.2, 0.25) is 23.6 Å². The second-order valence-electron chi connectivity index (χ2n) is 27.0. The van der Waals surface area contributed by atoms with Gasteiger partial charge in [0.05, 0.1) is 40.5 Å². The maximum atomic E-state index is 13.8. The lowest BCUT2D eigenvalue weighted by Gasteiger charge is -2.23. The predicted octanol–water partition coefficient (Wildman–Crippen LogP) is 13.0. The number of phenols is 1. The second-order valence-corrected chi connectivity index (χ2v) is 27.5. The number of amides is 6. The van der Waals surface area contributed by atoms with Crippen molar-refractivity contribution >= 4 is 105 Å². The summed E-state index contributed by atoms with van der Waals surface area (Å²) in [5.74, 6) is -1.58. The van der Waals surface area contributed by atoms with Gasteiger partial charge >= 0.3 is 11.9 Å². The number of hydrogen-bond acceptors (Lipinski definition) is 16. The molecule has 6 atom stereocenters. The number of halogens is 2. The standard InChI is InChI=1S/C40H46ClN3O8.C23H33ClN2O5.C18H17NO3/c1-24(15-34(45)25(2)42-37(46)11-7-8-12-38(47)51-4)39(48)43-30-17-26(22-41)16-27(18-30)23-52-36-20-28-13-14-31-19-29-9-5-6-10-33(29)44(31)40(49)32(28)21-35(36)50-3;1-5-17-11-18(14-24)13-19(12-17)26-23(30)15(2)10-20(27)16(3)25-21(28)8-6-7-9-22(29)31-4;1-22-17-10-14-11(9-16(17)20)6-7-13-8-12-4-2-3-5-15(12)19(13)18(14)21/h5-6,9-10,16-18,20-21,24-25,31H,7-8,11-15,19,22-23H2,1-4H3,(H,42,46)(H,43,48);11-13,15-16H,5-10,14H2,1-4H3,(H,25,28)(H,26,30);2-5,9-10,13,20H,6-8H2,1H3/t24-,25+,31-;15-,16+;13-/m111/s1. The first kappa shape index (κ1) is 80.9. The predicted molar refractivity (Wildman–Crippen MR) is 403 cm³/mol. The normalized spacial score (nSPS) is 15.5. The van der Waals surface area contributed by atoms with Gasteiger partial charge in [-0.05, 0) is 190 Å². The summed E-state index contributed by atoms with van der Waals surface area (Å²) in [6.07, 6.45) is 8.73. The minimum absolute atomic E-state index is 0.000694. The maximum Gasteiger partial charge on any atom is 0.305 e. The zero-order chi connectivity index (χ0) is 76.0. The van der Waals surface area contributed by atoms with Crippen LogP contribution in [0, 0.1) is 11.8 Å². The molecule has 5 N–H and O–H groups in total. The molecule has 10 rings (SSSR count). The molecule has 0 bridgehead atoms. The summed E-state index contributed by atoms with van der Waals surface area (Å²) in [5.41, 5.74) is 12.1. The van der Waals surface area contributed by atoms with Crippen LogP contribution in [0.3, 0.4) is 0 Å². The fourth-order valence-corrected chi connectivity index (χ4v) is 13.7. The van der Waals surface area contributed by atoms with E-state index in [0.29, 0.717) is 71.3 Å². The van der Waals surface area contributed by atoms with Crippen LogP contribution in [0.5, 0.6) is 23.0 Å². The number of rotatable bonds is 30. The summed E-state index contributed by atoms with van der Waals surface area (Å²) in [6.45, 7) is 8.70. The Labute approximate surface area is 623 Å². The first-order chi connectivity index (χ1) is 50.4. The summed E-state index contributed by atoms with van der Waals surface area (Å²) in [4.78, 5) is 128. The smallest absolute Gasteiger partial charge is 0.305 e. The molecule has 6 aromatic carbocycles. The van der Waals surface area contributed by atoms with E-state index in [9.17, 15) is 53.1 Å². The number of ether oxygens (including phenoxy) is 5. The molecule has 22 nitrogen and oxygen atoms in total. The lowest BCUT2D eigenvalue weighted by molar-refractivity contribution is -0.141. The molecular weight excluding hydrogens is 1380 g/mol. The van der Waals surface area contributed by atoms with Crippen molar-refractivity contribution in [2.75, 3.05) is 48.9 Å². The molecule has 0 aromatic heterocycles. The third-order valence-corrected chi connectivity index (χ3v) is 19.9. The van der Waals surface area contributed by atoms with Crippen molar-refractivity contribution in [3.05, 3.63) is 165 Å². The van der Waals surface area contributed by atoms with E-state index < -0.39 is 23.9 Å². The number of aryl methyl sites for hydroxylation is 3. The lowest BCUT2D eigenvalue weighted by atomic mass is 9.99. The van der Waals surface area contributed by atoms with E-state index in [1.54, 1.807) is 65.1 Å². The van der Waals surface area contributed by atoms with Crippen LogP contribution >= 0.6 is 23.2 Å². The number of para-hydroxylation sites is 2. The average Bonchev–Trinajstić information content (AvgIpc) is 1.63. The highest BCUT2D eigenvalue weighted by molar-refractivity contribution is 6.17. The van der Waals surface area contributed by atoms with Crippen LogP contribution in [-0.4, -0.2) is 117 Å². The van der Waals surface area contributed by atoms with Gasteiger partial charge in [-0.1, -0.05) is 69.3 Å². The summed E-state index contributed by atoms with van der Waals surface area (Å²) in [7, 11) is 5.68. The van der Waals surface area contributed by atoms with Gasteiger partial charge in [0, 0.05) is 108 Å². The molecule has 0 saturated carbocycles. The Morgan fingerprint density at radius 2 is 0.933 bits per heavy atom. The third-order valence-electron chi connectivity index (χ3n) is 19.2. The largest absolute Gasteiger partial charge is 0.504 e. The minimum Gasteiger partial charge on any atom is -0.504 e. The van der Waals surface area contributed by atoms with Gasteiger partial charge in [0.15, 0.2) is 34.6 Å². The number of esters is 2. The molecule has 24 heteroatoms. The molecule has 0 spiro atoms. The van der Waals surface area contributed by atoms with E-state index in [4.69, 9.17) is 37.4 Å². The number of Topliss-reactive ketones (excluding diaryl/α,β-unsaturated/α-hetero) is 2. The summed E-state index contributed by atoms with van der Waals surface area (Å²) in [6, 6.07) is 33.1. The number of carbonyl (C=O) groups excluding carboxylic acids is 10. The van der Waals surface area contributed by atoms with E-state index in [1.165, 1.54) is 32.5 Å². The highest BCUT2D eigenvalue weighted by Gasteiger charge is 2.39. The van der Waals surface area contributed by atoms with Gasteiger partial charge in [-0.2, -0.15) is 0 Å². The fourth-order valence-electron chi connectivity index (χ4n) is 13.3.